The van der Waals surface area contributed by atoms with Gasteiger partial charge in [-0.25, -0.2) is 13.9 Å². The minimum absolute atomic E-state index is 0.108. The van der Waals surface area contributed by atoms with Crippen LogP contribution in [0.5, 0.6) is 0 Å². The number of hydrogen-bond acceptors (Lipinski definition) is 5. The van der Waals surface area contributed by atoms with E-state index >= 15 is 0 Å². The quantitative estimate of drug-likeness (QED) is 0.401. The molecule has 0 atom stereocenters. The Bertz CT molecular complexity index is 1620. The molecule has 0 saturated carbocycles. The van der Waals surface area contributed by atoms with E-state index in [4.69, 9.17) is 0 Å². The molecule has 0 radical (unpaired) electrons. The SMILES string of the molecule is Cc1cc(C)cc(NC(=O)Cn2nc3n(C(C)C)c(=O)c4ccc(C(=O)NCC(C)C)cc4n3c2=O)c1. The van der Waals surface area contributed by atoms with E-state index in [-0.39, 0.29) is 46.7 Å². The third-order valence-electron chi connectivity index (χ3n) is 5.97. The smallest absolute Gasteiger partial charge is 0.352 e. The van der Waals surface area contributed by atoms with Gasteiger partial charge >= 0.3 is 5.69 Å². The van der Waals surface area contributed by atoms with Crippen LogP contribution in [0.1, 0.15) is 55.2 Å². The van der Waals surface area contributed by atoms with Crippen molar-refractivity contribution in [3.8, 4) is 0 Å². The van der Waals surface area contributed by atoms with Gasteiger partial charge in [0, 0.05) is 23.8 Å². The van der Waals surface area contributed by atoms with E-state index < -0.39 is 11.6 Å². The first-order valence-corrected chi connectivity index (χ1v) is 12.3. The lowest BCUT2D eigenvalue weighted by atomic mass is 10.1. The molecule has 0 fully saturated rings. The molecule has 0 unspecified atom stereocenters. The Kier molecular flexibility index (Phi) is 7.02. The minimum Gasteiger partial charge on any atom is -0.352 e. The lowest BCUT2D eigenvalue weighted by molar-refractivity contribution is -0.117. The molecule has 0 saturated heterocycles. The maximum absolute atomic E-state index is 13.5. The Labute approximate surface area is 213 Å². The molecule has 2 N–H and O–H groups in total. The predicted octanol–water partition coefficient (Wildman–Crippen LogP) is 3.03. The number of amides is 2. The fraction of sp³-hybridized carbons (Fsp3) is 0.370. The Morgan fingerprint density at radius 1 is 0.973 bits per heavy atom. The van der Waals surface area contributed by atoms with Crippen molar-refractivity contribution in [2.75, 3.05) is 11.9 Å². The highest BCUT2D eigenvalue weighted by Gasteiger charge is 2.21. The van der Waals surface area contributed by atoms with Crippen LogP contribution >= 0.6 is 0 Å². The molecule has 10 nitrogen and oxygen atoms in total. The van der Waals surface area contributed by atoms with Gasteiger partial charge in [0.05, 0.1) is 10.9 Å². The monoisotopic (exact) mass is 504 g/mol. The van der Waals surface area contributed by atoms with E-state index in [1.807, 2.05) is 59.7 Å². The Balaban J connectivity index is 1.81. The van der Waals surface area contributed by atoms with E-state index in [1.165, 1.54) is 15.0 Å². The second-order valence-corrected chi connectivity index (χ2v) is 10.1. The molecule has 0 bridgehead atoms. The van der Waals surface area contributed by atoms with Gasteiger partial charge in [-0.1, -0.05) is 19.9 Å². The third kappa shape index (κ3) is 5.18. The van der Waals surface area contributed by atoms with Crippen molar-refractivity contribution in [1.29, 1.82) is 0 Å². The van der Waals surface area contributed by atoms with Gasteiger partial charge in [0.15, 0.2) is 0 Å². The lowest BCUT2D eigenvalue weighted by Gasteiger charge is -2.13. The Morgan fingerprint density at radius 3 is 2.27 bits per heavy atom. The molecular formula is C27H32N6O4. The molecule has 4 rings (SSSR count). The van der Waals surface area contributed by atoms with E-state index in [9.17, 15) is 19.2 Å². The standard InChI is InChI=1S/C27H32N6O4/c1-15(2)13-28-24(35)19-7-8-21-22(12-19)33-26(32(16(3)4)25(21)36)30-31(27(33)37)14-23(34)29-20-10-17(5)9-18(6)11-20/h7-12,15-16H,13-14H2,1-6H3,(H,28,35)(H,29,34). The molecule has 0 aliphatic rings. The highest BCUT2D eigenvalue weighted by Crippen LogP contribution is 2.17. The zero-order chi connectivity index (χ0) is 27.0. The van der Waals surface area contributed by atoms with Crippen LogP contribution in [0.3, 0.4) is 0 Å². The summed E-state index contributed by atoms with van der Waals surface area (Å²) < 4.78 is 3.75. The van der Waals surface area contributed by atoms with Crippen LogP contribution in [0.4, 0.5) is 5.69 Å². The zero-order valence-corrected chi connectivity index (χ0v) is 22.0. The van der Waals surface area contributed by atoms with Crippen LogP contribution in [-0.4, -0.2) is 37.1 Å². The van der Waals surface area contributed by atoms with Crippen molar-refractivity contribution in [1.82, 2.24) is 24.1 Å². The first-order valence-electron chi connectivity index (χ1n) is 12.3. The van der Waals surface area contributed by atoms with Crippen molar-refractivity contribution in [2.45, 2.75) is 54.1 Å². The van der Waals surface area contributed by atoms with Gasteiger partial charge in [-0.3, -0.25) is 19.0 Å². The molecule has 2 amide bonds. The highest BCUT2D eigenvalue weighted by atomic mass is 16.2. The van der Waals surface area contributed by atoms with Gasteiger partial charge < -0.3 is 10.6 Å². The fourth-order valence-electron chi connectivity index (χ4n) is 4.37. The van der Waals surface area contributed by atoms with Crippen molar-refractivity contribution in [2.24, 2.45) is 5.92 Å². The molecule has 37 heavy (non-hydrogen) atoms. The number of carbonyl (C=O) groups excluding carboxylic acids is 2. The van der Waals surface area contributed by atoms with Gasteiger partial charge in [0.25, 0.3) is 11.5 Å². The Morgan fingerprint density at radius 2 is 1.65 bits per heavy atom. The topological polar surface area (TPSA) is 120 Å². The minimum atomic E-state index is -0.579. The molecule has 10 heteroatoms. The number of nitrogens with one attached hydrogen (secondary N) is 2. The van der Waals surface area contributed by atoms with Crippen LogP contribution < -0.4 is 21.9 Å². The number of nitrogens with zero attached hydrogens (tertiary/aromatic N) is 4. The average Bonchev–Trinajstić information content (AvgIpc) is 3.11. The second kappa shape index (κ2) is 10.0. The van der Waals surface area contributed by atoms with Gasteiger partial charge in [0.1, 0.15) is 6.54 Å². The normalized spacial score (nSPS) is 11.6. The van der Waals surface area contributed by atoms with E-state index in [0.29, 0.717) is 17.8 Å². The average molecular weight is 505 g/mol. The van der Waals surface area contributed by atoms with Gasteiger partial charge in [0.2, 0.25) is 11.7 Å². The number of hydrogen-bond donors (Lipinski definition) is 2. The summed E-state index contributed by atoms with van der Waals surface area (Å²) in [5.74, 6) is -0.349. The summed E-state index contributed by atoms with van der Waals surface area (Å²) in [4.78, 5) is 52.3. The molecule has 4 aromatic rings. The van der Waals surface area contributed by atoms with Crippen LogP contribution in [-0.2, 0) is 11.3 Å². The number of aromatic nitrogens is 4. The molecule has 0 spiro atoms. The van der Waals surface area contributed by atoms with Gasteiger partial charge in [-0.2, -0.15) is 0 Å². The summed E-state index contributed by atoms with van der Waals surface area (Å²) >= 11 is 0. The van der Waals surface area contributed by atoms with Crippen LogP contribution in [0.15, 0.2) is 46.0 Å². The van der Waals surface area contributed by atoms with Crippen LogP contribution in [0.25, 0.3) is 16.7 Å². The Hall–Kier alpha value is -4.21. The fourth-order valence-corrected chi connectivity index (χ4v) is 4.37. The summed E-state index contributed by atoms with van der Waals surface area (Å²) in [6.07, 6.45) is 0. The van der Waals surface area contributed by atoms with Crippen molar-refractivity contribution < 1.29 is 9.59 Å². The van der Waals surface area contributed by atoms with Gasteiger partial charge in [-0.15, -0.1) is 5.10 Å². The number of anilines is 1. The molecule has 2 heterocycles. The van der Waals surface area contributed by atoms with Crippen LogP contribution in [0, 0.1) is 19.8 Å². The number of benzene rings is 2. The summed E-state index contributed by atoms with van der Waals surface area (Å²) in [6.45, 7) is 11.6. The van der Waals surface area contributed by atoms with Crippen molar-refractivity contribution >= 4 is 34.2 Å². The maximum Gasteiger partial charge on any atom is 0.352 e. The highest BCUT2D eigenvalue weighted by molar-refractivity contribution is 5.98. The van der Waals surface area contributed by atoms with Crippen molar-refractivity contribution in [3.63, 3.8) is 0 Å². The molecular weight excluding hydrogens is 472 g/mol. The van der Waals surface area contributed by atoms with Crippen LogP contribution in [0.2, 0.25) is 0 Å². The molecule has 0 aliphatic heterocycles. The number of fused-ring (bicyclic) bond motifs is 3. The van der Waals surface area contributed by atoms with Crippen molar-refractivity contribution in [3.05, 3.63) is 73.9 Å². The number of rotatable bonds is 7. The zero-order valence-electron chi connectivity index (χ0n) is 22.0. The molecule has 2 aromatic heterocycles. The van der Waals surface area contributed by atoms with E-state index in [0.717, 1.165) is 15.8 Å². The van der Waals surface area contributed by atoms with Gasteiger partial charge in [-0.05, 0) is 75.1 Å². The first-order chi connectivity index (χ1) is 17.5. The molecule has 2 aromatic carbocycles. The summed E-state index contributed by atoms with van der Waals surface area (Å²) in [6, 6.07) is 10.0. The van der Waals surface area contributed by atoms with E-state index in [2.05, 4.69) is 15.7 Å². The lowest BCUT2D eigenvalue weighted by Crippen LogP contribution is -2.30. The van der Waals surface area contributed by atoms with E-state index in [1.54, 1.807) is 12.1 Å². The second-order valence-electron chi connectivity index (χ2n) is 10.1. The summed E-state index contributed by atoms with van der Waals surface area (Å²) in [5.41, 5.74) is 2.30. The molecule has 0 aliphatic carbocycles. The first kappa shape index (κ1) is 25.9. The number of aryl methyl sites for hydroxylation is 2. The molecule has 194 valence electrons. The maximum atomic E-state index is 13.5. The number of carbonyl (C=O) groups is 2. The third-order valence-corrected chi connectivity index (χ3v) is 5.97. The summed E-state index contributed by atoms with van der Waals surface area (Å²) in [5, 5.41) is 10.3. The summed E-state index contributed by atoms with van der Waals surface area (Å²) in [7, 11) is 0. The predicted molar refractivity (Wildman–Crippen MR) is 143 cm³/mol. The largest absolute Gasteiger partial charge is 0.352 e.